The van der Waals surface area contributed by atoms with Crippen LogP contribution in [0.4, 0.5) is 10.5 Å². The number of nitrogens with one attached hydrogen (secondary N) is 1. The predicted octanol–water partition coefficient (Wildman–Crippen LogP) is 4.03. The lowest BCUT2D eigenvalue weighted by Gasteiger charge is -2.10. The predicted molar refractivity (Wildman–Crippen MR) is 80.7 cm³/mol. The van der Waals surface area contributed by atoms with Crippen LogP contribution in [0.5, 0.6) is 11.5 Å². The third-order valence-corrected chi connectivity index (χ3v) is 3.43. The first kappa shape index (κ1) is 14.3. The van der Waals surface area contributed by atoms with E-state index in [-0.39, 0.29) is 11.0 Å². The molecule has 20 heavy (non-hydrogen) atoms. The monoisotopic (exact) mass is 289 g/mol. The molecule has 0 aliphatic carbocycles. The summed E-state index contributed by atoms with van der Waals surface area (Å²) in [5, 5.41) is 11.8. The molecule has 2 aromatic carbocycles. The van der Waals surface area contributed by atoms with E-state index in [1.807, 2.05) is 25.1 Å². The first-order valence-electron chi connectivity index (χ1n) is 6.01. The van der Waals surface area contributed by atoms with Crippen LogP contribution in [0.3, 0.4) is 0 Å². The fourth-order valence-electron chi connectivity index (χ4n) is 1.68. The molecule has 2 N–H and O–H groups in total. The molecule has 104 valence electrons. The van der Waals surface area contributed by atoms with Gasteiger partial charge in [-0.05, 0) is 60.6 Å². The van der Waals surface area contributed by atoms with Gasteiger partial charge in [-0.2, -0.15) is 0 Å². The van der Waals surface area contributed by atoms with Gasteiger partial charge in [-0.25, -0.2) is 0 Å². The SMILES string of the molecule is COc1ccc(C)cc1NC(=O)Sc1ccc(O)cc1. The summed E-state index contributed by atoms with van der Waals surface area (Å²) < 4.78 is 5.21. The van der Waals surface area contributed by atoms with Crippen LogP contribution >= 0.6 is 11.8 Å². The van der Waals surface area contributed by atoms with E-state index in [9.17, 15) is 9.90 Å². The second-order valence-electron chi connectivity index (χ2n) is 4.21. The van der Waals surface area contributed by atoms with E-state index < -0.39 is 0 Å². The van der Waals surface area contributed by atoms with Gasteiger partial charge in [0.05, 0.1) is 12.8 Å². The van der Waals surface area contributed by atoms with E-state index in [2.05, 4.69) is 5.32 Å². The molecule has 0 fully saturated rings. The van der Waals surface area contributed by atoms with Crippen molar-refractivity contribution in [1.82, 2.24) is 0 Å². The number of ether oxygens (including phenoxy) is 1. The van der Waals surface area contributed by atoms with Crippen molar-refractivity contribution in [2.45, 2.75) is 11.8 Å². The number of benzene rings is 2. The number of anilines is 1. The Morgan fingerprint density at radius 3 is 2.55 bits per heavy atom. The van der Waals surface area contributed by atoms with Crippen molar-refractivity contribution in [1.29, 1.82) is 0 Å². The quantitative estimate of drug-likeness (QED) is 0.837. The van der Waals surface area contributed by atoms with Crippen LogP contribution < -0.4 is 10.1 Å². The average Bonchev–Trinajstić information content (AvgIpc) is 2.41. The lowest BCUT2D eigenvalue weighted by atomic mass is 10.2. The zero-order chi connectivity index (χ0) is 14.5. The van der Waals surface area contributed by atoms with Gasteiger partial charge in [-0.3, -0.25) is 4.79 Å². The van der Waals surface area contributed by atoms with Gasteiger partial charge in [-0.15, -0.1) is 0 Å². The molecule has 1 amide bonds. The molecule has 0 unspecified atom stereocenters. The molecule has 0 aliphatic rings. The van der Waals surface area contributed by atoms with Crippen molar-refractivity contribution < 1.29 is 14.6 Å². The summed E-state index contributed by atoms with van der Waals surface area (Å²) in [6, 6.07) is 12.1. The van der Waals surface area contributed by atoms with E-state index in [0.717, 1.165) is 22.2 Å². The summed E-state index contributed by atoms with van der Waals surface area (Å²) >= 11 is 1.06. The Kier molecular flexibility index (Phi) is 4.53. The maximum Gasteiger partial charge on any atom is 0.288 e. The van der Waals surface area contributed by atoms with Crippen molar-refractivity contribution in [3.8, 4) is 11.5 Å². The van der Waals surface area contributed by atoms with E-state index >= 15 is 0 Å². The van der Waals surface area contributed by atoms with Gasteiger partial charge in [0, 0.05) is 4.90 Å². The smallest absolute Gasteiger partial charge is 0.288 e. The molecule has 0 radical (unpaired) electrons. The van der Waals surface area contributed by atoms with E-state index in [1.165, 1.54) is 0 Å². The van der Waals surface area contributed by atoms with E-state index in [0.29, 0.717) is 11.4 Å². The van der Waals surface area contributed by atoms with Gasteiger partial charge in [0.15, 0.2) is 0 Å². The van der Waals surface area contributed by atoms with Crippen LogP contribution in [0, 0.1) is 6.92 Å². The average molecular weight is 289 g/mol. The second-order valence-corrected chi connectivity index (χ2v) is 5.26. The summed E-state index contributed by atoms with van der Waals surface area (Å²) in [5.74, 6) is 0.797. The number of carbonyl (C=O) groups is 1. The number of carbonyl (C=O) groups excluding carboxylic acids is 1. The molecule has 0 atom stereocenters. The summed E-state index contributed by atoms with van der Waals surface area (Å²) in [5.41, 5.74) is 1.68. The van der Waals surface area contributed by atoms with Gasteiger partial charge in [0.2, 0.25) is 0 Å². The molecule has 0 spiro atoms. The minimum atomic E-state index is -0.209. The summed E-state index contributed by atoms with van der Waals surface area (Å²) in [7, 11) is 1.56. The minimum Gasteiger partial charge on any atom is -0.508 e. The highest BCUT2D eigenvalue weighted by molar-refractivity contribution is 8.13. The first-order chi connectivity index (χ1) is 9.58. The molecule has 0 bridgehead atoms. The topological polar surface area (TPSA) is 58.6 Å². The van der Waals surface area contributed by atoms with E-state index in [1.54, 1.807) is 31.4 Å². The molecule has 2 rings (SSSR count). The molecule has 0 saturated carbocycles. The van der Waals surface area contributed by atoms with Crippen LogP contribution in [0.1, 0.15) is 5.56 Å². The number of aromatic hydroxyl groups is 1. The highest BCUT2D eigenvalue weighted by Crippen LogP contribution is 2.28. The number of thioether (sulfide) groups is 1. The third kappa shape index (κ3) is 3.68. The molecule has 0 saturated heterocycles. The van der Waals surface area contributed by atoms with Crippen LogP contribution in [-0.4, -0.2) is 17.5 Å². The van der Waals surface area contributed by atoms with Crippen LogP contribution in [-0.2, 0) is 0 Å². The number of hydrogen-bond acceptors (Lipinski definition) is 4. The van der Waals surface area contributed by atoms with Crippen LogP contribution in [0.25, 0.3) is 0 Å². The molecular weight excluding hydrogens is 274 g/mol. The fraction of sp³-hybridized carbons (Fsp3) is 0.133. The third-order valence-electron chi connectivity index (χ3n) is 2.64. The lowest BCUT2D eigenvalue weighted by molar-refractivity contribution is 0.269. The Hall–Kier alpha value is -2.14. The Morgan fingerprint density at radius 2 is 1.90 bits per heavy atom. The summed E-state index contributed by atoms with van der Waals surface area (Å²) in [6.07, 6.45) is 0. The highest BCUT2D eigenvalue weighted by atomic mass is 32.2. The standard InChI is InChI=1S/C15H15NO3S/c1-10-3-8-14(19-2)13(9-10)16-15(18)20-12-6-4-11(17)5-7-12/h3-9,17H,1-2H3,(H,16,18). The van der Waals surface area contributed by atoms with Gasteiger partial charge < -0.3 is 15.2 Å². The first-order valence-corrected chi connectivity index (χ1v) is 6.82. The largest absolute Gasteiger partial charge is 0.508 e. The number of phenolic OH excluding ortho intramolecular Hbond substituents is 1. The molecule has 0 aliphatic heterocycles. The Morgan fingerprint density at radius 1 is 1.20 bits per heavy atom. The Balaban J connectivity index is 2.08. The Bertz CT molecular complexity index is 611. The lowest BCUT2D eigenvalue weighted by Crippen LogP contribution is -2.06. The maximum atomic E-state index is 12.0. The van der Waals surface area contributed by atoms with Crippen molar-refractivity contribution in [3.63, 3.8) is 0 Å². The number of phenols is 1. The van der Waals surface area contributed by atoms with Crippen molar-refractivity contribution in [2.24, 2.45) is 0 Å². The maximum absolute atomic E-state index is 12.0. The minimum absolute atomic E-state index is 0.176. The normalized spacial score (nSPS) is 10.1. The number of rotatable bonds is 3. The van der Waals surface area contributed by atoms with Crippen LogP contribution in [0.2, 0.25) is 0 Å². The number of aryl methyl sites for hydroxylation is 1. The van der Waals surface area contributed by atoms with Crippen LogP contribution in [0.15, 0.2) is 47.4 Å². The zero-order valence-corrected chi connectivity index (χ0v) is 12.0. The number of amides is 1. The highest BCUT2D eigenvalue weighted by Gasteiger charge is 2.09. The fourth-order valence-corrected chi connectivity index (χ4v) is 2.32. The van der Waals surface area contributed by atoms with Gasteiger partial charge in [0.1, 0.15) is 11.5 Å². The molecule has 5 heteroatoms. The molecule has 4 nitrogen and oxygen atoms in total. The number of hydrogen-bond donors (Lipinski definition) is 2. The molecule has 0 aromatic heterocycles. The Labute approximate surface area is 121 Å². The second kappa shape index (κ2) is 6.34. The molecule has 2 aromatic rings. The van der Waals surface area contributed by atoms with Gasteiger partial charge >= 0.3 is 0 Å². The van der Waals surface area contributed by atoms with Gasteiger partial charge in [-0.1, -0.05) is 6.07 Å². The molecular formula is C15H15NO3S. The number of methoxy groups -OCH3 is 1. The van der Waals surface area contributed by atoms with Crippen molar-refractivity contribution in [3.05, 3.63) is 48.0 Å². The summed E-state index contributed by atoms with van der Waals surface area (Å²) in [6.45, 7) is 1.95. The zero-order valence-electron chi connectivity index (χ0n) is 11.2. The molecule has 0 heterocycles. The van der Waals surface area contributed by atoms with Crippen molar-refractivity contribution >= 4 is 22.7 Å². The van der Waals surface area contributed by atoms with E-state index in [4.69, 9.17) is 4.74 Å². The van der Waals surface area contributed by atoms with Crippen molar-refractivity contribution in [2.75, 3.05) is 12.4 Å². The van der Waals surface area contributed by atoms with Gasteiger partial charge in [0.25, 0.3) is 5.24 Å². The summed E-state index contributed by atoms with van der Waals surface area (Å²) in [4.78, 5) is 12.7.